The van der Waals surface area contributed by atoms with Crippen molar-refractivity contribution >= 4 is 21.8 Å². The third kappa shape index (κ3) is 2.94. The van der Waals surface area contributed by atoms with Crippen molar-refractivity contribution in [2.45, 2.75) is 18.9 Å². The lowest BCUT2D eigenvalue weighted by molar-refractivity contribution is 0.0618. The summed E-state index contributed by atoms with van der Waals surface area (Å²) in [5, 5.41) is 3.18. The van der Waals surface area contributed by atoms with E-state index < -0.39 is 0 Å². The van der Waals surface area contributed by atoms with Gasteiger partial charge >= 0.3 is 0 Å². The molecule has 5 nitrogen and oxygen atoms in total. The lowest BCUT2D eigenvalue weighted by Crippen LogP contribution is -2.57. The molecular formula is C16H21BrN2O3. The minimum Gasteiger partial charge on any atom is -0.493 e. The van der Waals surface area contributed by atoms with Crippen molar-refractivity contribution in [2.75, 3.05) is 33.9 Å². The molecule has 1 N–H and O–H groups in total. The molecule has 6 heteroatoms. The summed E-state index contributed by atoms with van der Waals surface area (Å²) in [6, 6.07) is 3.80. The van der Waals surface area contributed by atoms with Gasteiger partial charge in [-0.25, -0.2) is 0 Å². The number of fused-ring (bicyclic) bond motifs is 3. The van der Waals surface area contributed by atoms with Crippen LogP contribution in [0.2, 0.25) is 0 Å². The van der Waals surface area contributed by atoms with E-state index in [1.807, 2.05) is 0 Å². The summed E-state index contributed by atoms with van der Waals surface area (Å²) < 4.78 is 11.5. The Labute approximate surface area is 139 Å². The third-order valence-corrected chi connectivity index (χ3v) is 5.12. The molecule has 1 amide bonds. The van der Waals surface area contributed by atoms with Crippen LogP contribution in [0.4, 0.5) is 0 Å². The average Bonchev–Trinajstić information content (AvgIpc) is 2.55. The highest BCUT2D eigenvalue weighted by Crippen LogP contribution is 2.35. The molecule has 3 heterocycles. The molecule has 120 valence electrons. The van der Waals surface area contributed by atoms with E-state index in [9.17, 15) is 4.79 Å². The second-order valence-electron chi connectivity index (χ2n) is 5.91. The van der Waals surface area contributed by atoms with Gasteiger partial charge in [0.2, 0.25) is 0 Å². The van der Waals surface area contributed by atoms with E-state index in [1.54, 1.807) is 26.4 Å². The highest BCUT2D eigenvalue weighted by Gasteiger charge is 2.35. The van der Waals surface area contributed by atoms with Crippen LogP contribution in [0.5, 0.6) is 11.5 Å². The number of hydrogen-bond donors (Lipinski definition) is 1. The number of piperidine rings is 3. The van der Waals surface area contributed by atoms with Crippen LogP contribution in [0, 0.1) is 5.92 Å². The fraction of sp³-hybridized carbons (Fsp3) is 0.562. The third-order valence-electron chi connectivity index (χ3n) is 4.66. The summed E-state index contributed by atoms with van der Waals surface area (Å²) >= 11 is 3.42. The van der Waals surface area contributed by atoms with Gasteiger partial charge in [0.1, 0.15) is 0 Å². The quantitative estimate of drug-likeness (QED) is 0.885. The van der Waals surface area contributed by atoms with Crippen LogP contribution in [0.3, 0.4) is 0 Å². The molecule has 0 aliphatic carbocycles. The Hall–Kier alpha value is -1.27. The van der Waals surface area contributed by atoms with Gasteiger partial charge in [0.05, 0.1) is 19.8 Å². The van der Waals surface area contributed by atoms with Crippen molar-refractivity contribution < 1.29 is 14.3 Å². The fourth-order valence-electron chi connectivity index (χ4n) is 3.47. The van der Waals surface area contributed by atoms with E-state index in [-0.39, 0.29) is 11.9 Å². The average molecular weight is 369 g/mol. The van der Waals surface area contributed by atoms with Gasteiger partial charge < -0.3 is 19.7 Å². The van der Waals surface area contributed by atoms with Crippen molar-refractivity contribution in [2.24, 2.45) is 5.92 Å². The molecule has 0 aromatic heterocycles. The molecule has 1 aromatic carbocycles. The standard InChI is InChI=1S/C16H21BrN2O3/c1-21-14-8-11(17)7-12(15(14)22-2)16(20)18-13-9-19-5-3-10(13)4-6-19/h7-8,10,13H,3-6,9H2,1-2H3,(H,18,20)/t13-/m1/s1. The molecular weight excluding hydrogens is 348 g/mol. The second kappa shape index (κ2) is 6.46. The van der Waals surface area contributed by atoms with Crippen molar-refractivity contribution in [1.29, 1.82) is 0 Å². The number of benzene rings is 1. The highest BCUT2D eigenvalue weighted by atomic mass is 79.9. The highest BCUT2D eigenvalue weighted by molar-refractivity contribution is 9.10. The first-order valence-electron chi connectivity index (χ1n) is 7.57. The molecule has 3 saturated heterocycles. The van der Waals surface area contributed by atoms with Gasteiger partial charge in [-0.2, -0.15) is 0 Å². The Balaban J connectivity index is 1.81. The molecule has 1 aromatic rings. The summed E-state index contributed by atoms with van der Waals surface area (Å²) in [5.74, 6) is 1.52. The van der Waals surface area contributed by atoms with E-state index >= 15 is 0 Å². The van der Waals surface area contributed by atoms with Crippen molar-refractivity contribution in [3.63, 3.8) is 0 Å². The van der Waals surface area contributed by atoms with E-state index in [1.165, 1.54) is 12.8 Å². The molecule has 2 bridgehead atoms. The fourth-order valence-corrected chi connectivity index (χ4v) is 3.91. The largest absolute Gasteiger partial charge is 0.493 e. The maximum Gasteiger partial charge on any atom is 0.255 e. The number of methoxy groups -OCH3 is 2. The zero-order valence-electron chi connectivity index (χ0n) is 12.9. The molecule has 0 unspecified atom stereocenters. The van der Waals surface area contributed by atoms with Crippen LogP contribution in [0.15, 0.2) is 16.6 Å². The monoisotopic (exact) mass is 368 g/mol. The zero-order valence-corrected chi connectivity index (χ0v) is 14.5. The molecule has 22 heavy (non-hydrogen) atoms. The summed E-state index contributed by atoms with van der Waals surface area (Å²) in [7, 11) is 3.12. The number of hydrogen-bond acceptors (Lipinski definition) is 4. The van der Waals surface area contributed by atoms with Crippen LogP contribution in [-0.4, -0.2) is 50.7 Å². The minimum absolute atomic E-state index is 0.102. The predicted molar refractivity (Wildman–Crippen MR) is 87.7 cm³/mol. The predicted octanol–water partition coefficient (Wildman–Crippen LogP) is 2.29. The van der Waals surface area contributed by atoms with Crippen LogP contribution >= 0.6 is 15.9 Å². The zero-order chi connectivity index (χ0) is 15.7. The summed E-state index contributed by atoms with van der Waals surface area (Å²) in [6.07, 6.45) is 2.34. The first kappa shape index (κ1) is 15.6. The Morgan fingerprint density at radius 3 is 2.55 bits per heavy atom. The summed E-state index contributed by atoms with van der Waals surface area (Å²) in [4.78, 5) is 15.1. The summed E-state index contributed by atoms with van der Waals surface area (Å²) in [6.45, 7) is 3.26. The number of carbonyl (C=O) groups is 1. The number of rotatable bonds is 4. The molecule has 3 aliphatic rings. The number of amides is 1. The minimum atomic E-state index is -0.102. The maximum atomic E-state index is 12.7. The van der Waals surface area contributed by atoms with E-state index in [2.05, 4.69) is 26.1 Å². The van der Waals surface area contributed by atoms with Crippen LogP contribution < -0.4 is 14.8 Å². The second-order valence-corrected chi connectivity index (χ2v) is 6.82. The molecule has 1 atom stereocenters. The molecule has 3 fully saturated rings. The topological polar surface area (TPSA) is 50.8 Å². The van der Waals surface area contributed by atoms with Gasteiger partial charge in [-0.3, -0.25) is 4.79 Å². The van der Waals surface area contributed by atoms with Crippen molar-refractivity contribution in [1.82, 2.24) is 10.2 Å². The Morgan fingerprint density at radius 2 is 2.00 bits per heavy atom. The lowest BCUT2D eigenvalue weighted by Gasteiger charge is -2.44. The van der Waals surface area contributed by atoms with E-state index in [0.717, 1.165) is 24.1 Å². The molecule has 3 aliphatic heterocycles. The maximum absolute atomic E-state index is 12.7. The molecule has 4 rings (SSSR count). The van der Waals surface area contributed by atoms with Gasteiger partial charge in [0.15, 0.2) is 11.5 Å². The number of carbonyl (C=O) groups excluding carboxylic acids is 1. The van der Waals surface area contributed by atoms with E-state index in [4.69, 9.17) is 9.47 Å². The van der Waals surface area contributed by atoms with Gasteiger partial charge in [-0.05, 0) is 44.0 Å². The first-order chi connectivity index (χ1) is 10.6. The van der Waals surface area contributed by atoms with Crippen LogP contribution in [-0.2, 0) is 0 Å². The van der Waals surface area contributed by atoms with Crippen molar-refractivity contribution in [3.05, 3.63) is 22.2 Å². The number of ether oxygens (including phenoxy) is 2. The Morgan fingerprint density at radius 1 is 1.27 bits per heavy atom. The molecule has 0 radical (unpaired) electrons. The Bertz CT molecular complexity index is 571. The van der Waals surface area contributed by atoms with Crippen LogP contribution in [0.1, 0.15) is 23.2 Å². The van der Waals surface area contributed by atoms with Gasteiger partial charge in [-0.15, -0.1) is 0 Å². The number of nitrogens with zero attached hydrogens (tertiary/aromatic N) is 1. The van der Waals surface area contributed by atoms with Gasteiger partial charge in [0.25, 0.3) is 5.91 Å². The van der Waals surface area contributed by atoms with E-state index in [0.29, 0.717) is 23.0 Å². The molecule has 0 spiro atoms. The van der Waals surface area contributed by atoms with Crippen LogP contribution in [0.25, 0.3) is 0 Å². The normalized spacial score (nSPS) is 26.6. The van der Waals surface area contributed by atoms with Gasteiger partial charge in [-0.1, -0.05) is 15.9 Å². The lowest BCUT2D eigenvalue weighted by atomic mass is 9.84. The molecule has 0 saturated carbocycles. The summed E-state index contributed by atoms with van der Waals surface area (Å²) in [5.41, 5.74) is 0.505. The SMILES string of the molecule is COc1cc(Br)cc(C(=O)N[C@@H]2CN3CCC2CC3)c1OC. The van der Waals surface area contributed by atoms with Crippen molar-refractivity contribution in [3.8, 4) is 11.5 Å². The first-order valence-corrected chi connectivity index (χ1v) is 8.36. The smallest absolute Gasteiger partial charge is 0.255 e. The number of halogens is 1. The van der Waals surface area contributed by atoms with Gasteiger partial charge in [0, 0.05) is 17.1 Å². The Kier molecular flexibility index (Phi) is 4.59. The number of nitrogens with one attached hydrogen (secondary N) is 1.